The van der Waals surface area contributed by atoms with E-state index in [0.717, 1.165) is 6.07 Å². The Balaban J connectivity index is 3.16. The van der Waals surface area contributed by atoms with Gasteiger partial charge in [0.25, 0.3) is 0 Å². The zero-order chi connectivity index (χ0) is 15.5. The summed E-state index contributed by atoms with van der Waals surface area (Å²) in [5, 5.41) is 20.5. The van der Waals surface area contributed by atoms with Crippen LogP contribution in [0.1, 0.15) is 29.9 Å². The number of hydrogen-bond acceptors (Lipinski definition) is 4. The number of hydrogen-bond donors (Lipinski definition) is 3. The van der Waals surface area contributed by atoms with Crippen LogP contribution in [0.4, 0.5) is 19.0 Å². The molecule has 112 valence electrons. The molecule has 5 nitrogen and oxygen atoms in total. The van der Waals surface area contributed by atoms with Gasteiger partial charge in [0.2, 0.25) is 0 Å². The van der Waals surface area contributed by atoms with E-state index in [-0.39, 0.29) is 23.9 Å². The molecule has 0 aliphatic heterocycles. The third kappa shape index (κ3) is 3.83. The lowest BCUT2D eigenvalue weighted by Gasteiger charge is -2.21. The number of alkyl halides is 3. The molecule has 0 saturated carbocycles. The minimum absolute atomic E-state index is 0.185. The fourth-order valence-electron chi connectivity index (χ4n) is 1.42. The van der Waals surface area contributed by atoms with Crippen LogP contribution < -0.4 is 5.32 Å². The number of aliphatic hydroxyl groups excluding tert-OH is 1. The van der Waals surface area contributed by atoms with Crippen molar-refractivity contribution in [2.24, 2.45) is 5.92 Å². The highest BCUT2D eigenvalue weighted by atomic mass is 19.4. The number of halogens is 3. The number of rotatable bonds is 5. The van der Waals surface area contributed by atoms with E-state index in [4.69, 9.17) is 10.2 Å². The minimum Gasteiger partial charge on any atom is -0.478 e. The van der Waals surface area contributed by atoms with Crippen molar-refractivity contribution < 1.29 is 28.2 Å². The van der Waals surface area contributed by atoms with Crippen LogP contribution in [0.5, 0.6) is 0 Å². The van der Waals surface area contributed by atoms with Gasteiger partial charge in [-0.3, -0.25) is 0 Å². The Labute approximate surface area is 113 Å². The Morgan fingerprint density at radius 2 is 2.00 bits per heavy atom. The van der Waals surface area contributed by atoms with Crippen molar-refractivity contribution >= 4 is 11.8 Å². The summed E-state index contributed by atoms with van der Waals surface area (Å²) >= 11 is 0. The summed E-state index contributed by atoms with van der Waals surface area (Å²) in [4.78, 5) is 14.3. The van der Waals surface area contributed by atoms with Gasteiger partial charge in [-0.15, -0.1) is 0 Å². The Kier molecular flexibility index (Phi) is 4.93. The highest BCUT2D eigenvalue weighted by Gasteiger charge is 2.33. The normalized spacial score (nSPS) is 14.7. The summed E-state index contributed by atoms with van der Waals surface area (Å²) in [5.41, 5.74) is -1.52. The lowest BCUT2D eigenvalue weighted by atomic mass is 10.0. The van der Waals surface area contributed by atoms with E-state index < -0.39 is 23.9 Å². The molecule has 20 heavy (non-hydrogen) atoms. The first-order valence-electron chi connectivity index (χ1n) is 5.85. The number of carboxylic acids is 1. The average molecular weight is 292 g/mol. The molecule has 1 heterocycles. The number of nitrogens with one attached hydrogen (secondary N) is 1. The molecule has 0 aromatic carbocycles. The second-order valence-corrected chi connectivity index (χ2v) is 4.49. The van der Waals surface area contributed by atoms with Gasteiger partial charge >= 0.3 is 12.1 Å². The van der Waals surface area contributed by atoms with Gasteiger partial charge in [0, 0.05) is 12.6 Å². The van der Waals surface area contributed by atoms with Crippen LogP contribution in [0.2, 0.25) is 0 Å². The number of pyridine rings is 1. The maximum Gasteiger partial charge on any atom is 0.433 e. The molecule has 0 spiro atoms. The van der Waals surface area contributed by atoms with Crippen LogP contribution in [-0.2, 0) is 6.18 Å². The zero-order valence-corrected chi connectivity index (χ0v) is 10.9. The Morgan fingerprint density at radius 3 is 2.45 bits per heavy atom. The monoisotopic (exact) mass is 292 g/mol. The maximum atomic E-state index is 12.6. The predicted molar refractivity (Wildman–Crippen MR) is 65.5 cm³/mol. The van der Waals surface area contributed by atoms with Crippen LogP contribution in [0.25, 0.3) is 0 Å². The third-order valence-corrected chi connectivity index (χ3v) is 2.92. The number of aromatic nitrogens is 1. The number of nitrogens with zero attached hydrogens (tertiary/aromatic N) is 1. The van der Waals surface area contributed by atoms with Gasteiger partial charge < -0.3 is 15.5 Å². The van der Waals surface area contributed by atoms with Gasteiger partial charge in [-0.1, -0.05) is 6.92 Å². The molecule has 3 N–H and O–H groups in total. The van der Waals surface area contributed by atoms with Gasteiger partial charge in [0.05, 0.1) is 0 Å². The SMILES string of the molecule is CC(CO)C(C)Nc1nc(C(F)(F)F)ccc1C(=O)O. The summed E-state index contributed by atoms with van der Waals surface area (Å²) in [5.74, 6) is -2.01. The molecular formula is C12H15F3N2O3. The van der Waals surface area contributed by atoms with Gasteiger partial charge in [0.15, 0.2) is 0 Å². The van der Waals surface area contributed by atoms with Crippen molar-refractivity contribution in [3.8, 4) is 0 Å². The molecule has 0 aliphatic carbocycles. The lowest BCUT2D eigenvalue weighted by Crippen LogP contribution is -2.28. The quantitative estimate of drug-likeness (QED) is 0.775. The van der Waals surface area contributed by atoms with Crippen molar-refractivity contribution in [1.29, 1.82) is 0 Å². The van der Waals surface area contributed by atoms with Gasteiger partial charge in [-0.05, 0) is 25.0 Å². The summed E-state index contributed by atoms with van der Waals surface area (Å²) in [6.45, 7) is 3.11. The first-order chi connectivity index (χ1) is 9.16. The van der Waals surface area contributed by atoms with Crippen molar-refractivity contribution in [2.75, 3.05) is 11.9 Å². The number of carboxylic acid groups (broad SMARTS) is 1. The van der Waals surface area contributed by atoms with E-state index >= 15 is 0 Å². The summed E-state index contributed by atoms with van der Waals surface area (Å²) < 4.78 is 37.8. The molecule has 0 aliphatic rings. The largest absolute Gasteiger partial charge is 0.478 e. The maximum absolute atomic E-state index is 12.6. The molecular weight excluding hydrogens is 277 g/mol. The number of aromatic carboxylic acids is 1. The van der Waals surface area contributed by atoms with Crippen LogP contribution in [0.3, 0.4) is 0 Å². The highest BCUT2D eigenvalue weighted by Crippen LogP contribution is 2.29. The number of aliphatic hydroxyl groups is 1. The van der Waals surface area contributed by atoms with Crippen molar-refractivity contribution in [3.05, 3.63) is 23.4 Å². The van der Waals surface area contributed by atoms with Gasteiger partial charge in [0.1, 0.15) is 17.1 Å². The predicted octanol–water partition coefficient (Wildman–Crippen LogP) is 2.23. The van der Waals surface area contributed by atoms with Crippen LogP contribution in [-0.4, -0.2) is 33.8 Å². The second kappa shape index (κ2) is 6.08. The van der Waals surface area contributed by atoms with E-state index in [2.05, 4.69) is 10.3 Å². The molecule has 0 fully saturated rings. The standard InChI is InChI=1S/C12H15F3N2O3/c1-6(5-18)7(2)16-10-8(11(19)20)3-4-9(17-10)12(13,14)15/h3-4,6-7,18H,5H2,1-2H3,(H,16,17)(H,19,20). The molecule has 2 atom stereocenters. The van der Waals surface area contributed by atoms with E-state index in [1.165, 1.54) is 0 Å². The Morgan fingerprint density at radius 1 is 1.40 bits per heavy atom. The highest BCUT2D eigenvalue weighted by molar-refractivity contribution is 5.93. The van der Waals surface area contributed by atoms with Gasteiger partial charge in [-0.25, -0.2) is 9.78 Å². The van der Waals surface area contributed by atoms with E-state index in [1.807, 2.05) is 0 Å². The van der Waals surface area contributed by atoms with Crippen molar-refractivity contribution in [3.63, 3.8) is 0 Å². The third-order valence-electron chi connectivity index (χ3n) is 2.92. The van der Waals surface area contributed by atoms with Crippen molar-refractivity contribution in [2.45, 2.75) is 26.1 Å². The zero-order valence-electron chi connectivity index (χ0n) is 10.9. The van der Waals surface area contributed by atoms with E-state index in [1.54, 1.807) is 13.8 Å². The Hall–Kier alpha value is -1.83. The fourth-order valence-corrected chi connectivity index (χ4v) is 1.42. The fraction of sp³-hybridized carbons (Fsp3) is 0.500. The smallest absolute Gasteiger partial charge is 0.433 e. The van der Waals surface area contributed by atoms with E-state index in [0.29, 0.717) is 6.07 Å². The number of carbonyl (C=O) groups is 1. The molecule has 0 radical (unpaired) electrons. The van der Waals surface area contributed by atoms with E-state index in [9.17, 15) is 18.0 Å². The number of anilines is 1. The molecule has 2 unspecified atom stereocenters. The molecule has 0 amide bonds. The van der Waals surface area contributed by atoms with Crippen LogP contribution >= 0.6 is 0 Å². The lowest BCUT2D eigenvalue weighted by molar-refractivity contribution is -0.141. The molecule has 0 bridgehead atoms. The first kappa shape index (κ1) is 16.2. The van der Waals surface area contributed by atoms with Gasteiger partial charge in [-0.2, -0.15) is 13.2 Å². The summed E-state index contributed by atoms with van der Waals surface area (Å²) in [6.07, 6.45) is -4.65. The average Bonchev–Trinajstić information content (AvgIpc) is 2.36. The molecule has 1 rings (SSSR count). The molecule has 8 heteroatoms. The van der Waals surface area contributed by atoms with Crippen LogP contribution in [0.15, 0.2) is 12.1 Å². The van der Waals surface area contributed by atoms with Crippen molar-refractivity contribution in [1.82, 2.24) is 4.98 Å². The minimum atomic E-state index is -4.65. The molecule has 0 saturated heterocycles. The second-order valence-electron chi connectivity index (χ2n) is 4.49. The summed E-state index contributed by atoms with van der Waals surface area (Å²) in [6, 6.07) is 1.04. The van der Waals surface area contributed by atoms with Crippen LogP contribution in [0, 0.1) is 5.92 Å². The first-order valence-corrected chi connectivity index (χ1v) is 5.85. The topological polar surface area (TPSA) is 82.5 Å². The summed E-state index contributed by atoms with van der Waals surface area (Å²) in [7, 11) is 0. The molecule has 1 aromatic rings. The Bertz CT molecular complexity index is 491. The molecule has 1 aromatic heterocycles.